The van der Waals surface area contributed by atoms with E-state index < -0.39 is 0 Å². The van der Waals surface area contributed by atoms with Gasteiger partial charge in [0, 0.05) is 10.9 Å². The molecule has 0 spiro atoms. The molecule has 1 heterocycles. The van der Waals surface area contributed by atoms with E-state index in [-0.39, 0.29) is 5.97 Å². The third kappa shape index (κ3) is 1.97. The van der Waals surface area contributed by atoms with Crippen molar-refractivity contribution in [3.05, 3.63) is 48.0 Å². The molecule has 0 saturated heterocycles. The Morgan fingerprint density at radius 1 is 1.26 bits per heavy atom. The highest BCUT2D eigenvalue weighted by Gasteiger charge is 2.22. The van der Waals surface area contributed by atoms with Crippen LogP contribution in [-0.2, 0) is 9.53 Å². The van der Waals surface area contributed by atoms with Crippen LogP contribution in [0.1, 0.15) is 12.5 Å². The van der Waals surface area contributed by atoms with Gasteiger partial charge in [0.2, 0.25) is 0 Å². The van der Waals surface area contributed by atoms with Crippen molar-refractivity contribution in [1.29, 1.82) is 0 Å². The normalized spacial score (nSPS) is 13.4. The van der Waals surface area contributed by atoms with Crippen LogP contribution < -0.4 is 4.74 Å². The molecule has 3 nitrogen and oxygen atoms in total. The number of carbonyl (C=O) groups is 1. The highest BCUT2D eigenvalue weighted by molar-refractivity contribution is 6.19. The van der Waals surface area contributed by atoms with Crippen LogP contribution in [0.25, 0.3) is 16.3 Å². The summed E-state index contributed by atoms with van der Waals surface area (Å²) < 4.78 is 10.8. The van der Waals surface area contributed by atoms with Gasteiger partial charge in [-0.2, -0.15) is 0 Å². The van der Waals surface area contributed by atoms with Gasteiger partial charge in [0.15, 0.2) is 0 Å². The summed E-state index contributed by atoms with van der Waals surface area (Å²) in [5.74, 6) is 0.478. The van der Waals surface area contributed by atoms with Crippen LogP contribution in [0.15, 0.2) is 42.5 Å². The zero-order valence-electron chi connectivity index (χ0n) is 10.7. The first-order valence-electron chi connectivity index (χ1n) is 6.33. The van der Waals surface area contributed by atoms with Crippen molar-refractivity contribution in [2.45, 2.75) is 6.92 Å². The molecule has 3 heteroatoms. The van der Waals surface area contributed by atoms with Gasteiger partial charge in [-0.3, -0.25) is 0 Å². The van der Waals surface area contributed by atoms with Gasteiger partial charge < -0.3 is 9.47 Å². The Balaban J connectivity index is 2.15. The Hall–Kier alpha value is -2.29. The number of carbonyl (C=O) groups excluding carboxylic acids is 1. The molecular weight excluding hydrogens is 240 g/mol. The van der Waals surface area contributed by atoms with E-state index in [1.54, 1.807) is 13.0 Å². The Bertz CT molecular complexity index is 671. The molecule has 0 saturated carbocycles. The highest BCUT2D eigenvalue weighted by atomic mass is 16.5. The Morgan fingerprint density at radius 2 is 2.11 bits per heavy atom. The molecule has 2 aromatic carbocycles. The average Bonchev–Trinajstić information content (AvgIpc) is 2.46. The minimum atomic E-state index is -0.290. The molecule has 0 aromatic heterocycles. The summed E-state index contributed by atoms with van der Waals surface area (Å²) in [5.41, 5.74) is 1.40. The monoisotopic (exact) mass is 254 g/mol. The van der Waals surface area contributed by atoms with Gasteiger partial charge in [0.25, 0.3) is 0 Å². The molecular formula is C16H14O3. The highest BCUT2D eigenvalue weighted by Crippen LogP contribution is 2.36. The summed E-state index contributed by atoms with van der Waals surface area (Å²) in [6, 6.07) is 11.9. The van der Waals surface area contributed by atoms with E-state index in [4.69, 9.17) is 9.47 Å². The number of esters is 1. The summed E-state index contributed by atoms with van der Waals surface area (Å²) in [7, 11) is 0. The number of rotatable bonds is 2. The Labute approximate surface area is 111 Å². The fourth-order valence-corrected chi connectivity index (χ4v) is 2.33. The van der Waals surface area contributed by atoms with Gasteiger partial charge in [0.1, 0.15) is 12.4 Å². The summed E-state index contributed by atoms with van der Waals surface area (Å²) in [6.07, 6.45) is 1.77. The Morgan fingerprint density at radius 3 is 2.95 bits per heavy atom. The van der Waals surface area contributed by atoms with E-state index in [9.17, 15) is 4.79 Å². The van der Waals surface area contributed by atoms with E-state index in [0.717, 1.165) is 22.1 Å². The smallest absolute Gasteiger partial charge is 0.338 e. The molecule has 19 heavy (non-hydrogen) atoms. The van der Waals surface area contributed by atoms with E-state index in [2.05, 4.69) is 0 Å². The molecule has 0 bridgehead atoms. The minimum absolute atomic E-state index is 0.290. The van der Waals surface area contributed by atoms with Crippen LogP contribution in [0.2, 0.25) is 0 Å². The second-order valence-corrected chi connectivity index (χ2v) is 4.31. The third-order valence-corrected chi connectivity index (χ3v) is 3.18. The molecule has 0 unspecified atom stereocenters. The number of hydrogen-bond acceptors (Lipinski definition) is 3. The largest absolute Gasteiger partial charge is 0.488 e. The van der Waals surface area contributed by atoms with Crippen LogP contribution >= 0.6 is 0 Å². The van der Waals surface area contributed by atoms with Crippen molar-refractivity contribution in [3.8, 4) is 5.75 Å². The summed E-state index contributed by atoms with van der Waals surface area (Å²) in [6.45, 7) is 2.58. The molecule has 0 aliphatic carbocycles. The van der Waals surface area contributed by atoms with E-state index in [1.807, 2.05) is 36.4 Å². The van der Waals surface area contributed by atoms with Crippen molar-refractivity contribution < 1.29 is 14.3 Å². The van der Waals surface area contributed by atoms with Gasteiger partial charge in [-0.15, -0.1) is 0 Å². The van der Waals surface area contributed by atoms with Gasteiger partial charge in [-0.05, 0) is 24.5 Å². The van der Waals surface area contributed by atoms with Crippen molar-refractivity contribution in [2.75, 3.05) is 13.2 Å². The van der Waals surface area contributed by atoms with Crippen LogP contribution in [0.4, 0.5) is 0 Å². The maximum Gasteiger partial charge on any atom is 0.338 e. The first-order valence-corrected chi connectivity index (χ1v) is 6.33. The molecule has 2 aromatic rings. The lowest BCUT2D eigenvalue weighted by Crippen LogP contribution is -2.13. The average molecular weight is 254 g/mol. The molecule has 1 aliphatic heterocycles. The molecule has 0 amide bonds. The summed E-state index contributed by atoms with van der Waals surface area (Å²) >= 11 is 0. The molecule has 0 fully saturated rings. The van der Waals surface area contributed by atoms with Crippen LogP contribution in [0.3, 0.4) is 0 Å². The van der Waals surface area contributed by atoms with Crippen LogP contribution in [0, 0.1) is 0 Å². The van der Waals surface area contributed by atoms with Crippen LogP contribution in [0.5, 0.6) is 5.75 Å². The number of benzene rings is 2. The lowest BCUT2D eigenvalue weighted by atomic mass is 9.98. The number of fused-ring (bicyclic) bond motifs is 3. The van der Waals surface area contributed by atoms with E-state index >= 15 is 0 Å². The first-order chi connectivity index (χ1) is 9.31. The number of hydrogen-bond donors (Lipinski definition) is 0. The van der Waals surface area contributed by atoms with Gasteiger partial charge >= 0.3 is 5.97 Å². The van der Waals surface area contributed by atoms with Gasteiger partial charge in [0.05, 0.1) is 12.2 Å². The van der Waals surface area contributed by atoms with E-state index in [0.29, 0.717) is 18.8 Å². The van der Waals surface area contributed by atoms with Crippen molar-refractivity contribution in [1.82, 2.24) is 0 Å². The maximum atomic E-state index is 12.0. The SMILES string of the molecule is CCOC(=O)C1=CCOc2c1ccc1ccccc21. The van der Waals surface area contributed by atoms with Crippen LogP contribution in [-0.4, -0.2) is 19.2 Å². The lowest BCUT2D eigenvalue weighted by Gasteiger charge is -2.19. The molecule has 0 N–H and O–H groups in total. The maximum absolute atomic E-state index is 12.0. The van der Waals surface area contributed by atoms with Crippen molar-refractivity contribution in [3.63, 3.8) is 0 Å². The second kappa shape index (κ2) is 4.76. The van der Waals surface area contributed by atoms with E-state index in [1.165, 1.54) is 0 Å². The standard InChI is InChI=1S/C16H14O3/c1-2-18-16(17)14-9-10-19-15-12-6-4-3-5-11(12)7-8-13(14)15/h3-9H,2,10H2,1H3. The predicted molar refractivity (Wildman–Crippen MR) is 74.1 cm³/mol. The molecule has 0 radical (unpaired) electrons. The lowest BCUT2D eigenvalue weighted by molar-refractivity contribution is -0.136. The minimum Gasteiger partial charge on any atom is -0.488 e. The Kier molecular flexibility index (Phi) is 2.95. The fraction of sp³-hybridized carbons (Fsp3) is 0.188. The zero-order chi connectivity index (χ0) is 13.2. The third-order valence-electron chi connectivity index (χ3n) is 3.18. The zero-order valence-corrected chi connectivity index (χ0v) is 10.7. The summed E-state index contributed by atoms with van der Waals surface area (Å²) in [4.78, 5) is 12.0. The molecule has 3 rings (SSSR count). The van der Waals surface area contributed by atoms with Gasteiger partial charge in [-0.1, -0.05) is 30.3 Å². The second-order valence-electron chi connectivity index (χ2n) is 4.31. The van der Waals surface area contributed by atoms with Crippen molar-refractivity contribution >= 4 is 22.3 Å². The summed E-state index contributed by atoms with van der Waals surface area (Å²) in [5, 5.41) is 2.13. The molecule has 96 valence electrons. The topological polar surface area (TPSA) is 35.5 Å². The number of ether oxygens (including phenoxy) is 2. The fourth-order valence-electron chi connectivity index (χ4n) is 2.33. The molecule has 0 atom stereocenters. The predicted octanol–water partition coefficient (Wildman–Crippen LogP) is 3.18. The quantitative estimate of drug-likeness (QED) is 0.772. The first kappa shape index (κ1) is 11.8. The van der Waals surface area contributed by atoms with Crippen molar-refractivity contribution in [2.24, 2.45) is 0 Å². The molecule has 1 aliphatic rings. The van der Waals surface area contributed by atoms with Gasteiger partial charge in [-0.25, -0.2) is 4.79 Å².